The maximum Gasteiger partial charge on any atom is 0.302 e. The highest BCUT2D eigenvalue weighted by molar-refractivity contribution is 5.65. The Kier molecular flexibility index (Phi) is 4.18. The lowest BCUT2D eigenvalue weighted by molar-refractivity contribution is -0.142. The Morgan fingerprint density at radius 1 is 1.29 bits per heavy atom. The van der Waals surface area contributed by atoms with Gasteiger partial charge >= 0.3 is 5.97 Å². The highest BCUT2D eigenvalue weighted by Gasteiger charge is 2.21. The summed E-state index contributed by atoms with van der Waals surface area (Å²) >= 11 is 0. The molecule has 0 bridgehead atoms. The number of hydrogen-bond donors (Lipinski definition) is 0. The molecule has 0 N–H and O–H groups in total. The van der Waals surface area contributed by atoms with E-state index in [9.17, 15) is 4.79 Å². The first-order valence-electron chi connectivity index (χ1n) is 5.38. The van der Waals surface area contributed by atoms with Gasteiger partial charge in [0, 0.05) is 6.92 Å². The third kappa shape index (κ3) is 3.52. The minimum atomic E-state index is -0.160. The number of carbonyl (C=O) groups is 1. The van der Waals surface area contributed by atoms with Crippen LogP contribution in [0.25, 0.3) is 0 Å². The fourth-order valence-electron chi connectivity index (χ4n) is 2.06. The smallest absolute Gasteiger partial charge is 0.302 e. The topological polar surface area (TPSA) is 26.3 Å². The van der Waals surface area contributed by atoms with Crippen LogP contribution in [0.4, 0.5) is 0 Å². The van der Waals surface area contributed by atoms with Crippen molar-refractivity contribution in [3.05, 3.63) is 12.2 Å². The summed E-state index contributed by atoms with van der Waals surface area (Å²) in [7, 11) is 0. The largest absolute Gasteiger partial charge is 0.466 e. The summed E-state index contributed by atoms with van der Waals surface area (Å²) in [4.78, 5) is 10.6. The molecule has 1 fully saturated rings. The van der Waals surface area contributed by atoms with Crippen molar-refractivity contribution < 1.29 is 9.53 Å². The van der Waals surface area contributed by atoms with Gasteiger partial charge in [0.2, 0.25) is 0 Å². The van der Waals surface area contributed by atoms with Gasteiger partial charge in [-0.15, -0.1) is 0 Å². The second kappa shape index (κ2) is 5.18. The molecule has 0 unspecified atom stereocenters. The first-order valence-corrected chi connectivity index (χ1v) is 5.38. The highest BCUT2D eigenvalue weighted by Crippen LogP contribution is 2.32. The van der Waals surface area contributed by atoms with Crippen LogP contribution in [0, 0.1) is 11.8 Å². The van der Waals surface area contributed by atoms with Crippen molar-refractivity contribution in [3.63, 3.8) is 0 Å². The number of hydrogen-bond acceptors (Lipinski definition) is 2. The minimum absolute atomic E-state index is 0.160. The molecule has 0 radical (unpaired) electrons. The molecule has 0 spiro atoms. The van der Waals surface area contributed by atoms with Crippen molar-refractivity contribution >= 4 is 5.97 Å². The number of carbonyl (C=O) groups excluding carboxylic acids is 1. The van der Waals surface area contributed by atoms with Gasteiger partial charge in [-0.3, -0.25) is 4.79 Å². The van der Waals surface area contributed by atoms with Gasteiger partial charge in [0.1, 0.15) is 0 Å². The van der Waals surface area contributed by atoms with Crippen LogP contribution in [0.3, 0.4) is 0 Å². The van der Waals surface area contributed by atoms with Crippen molar-refractivity contribution in [2.75, 3.05) is 6.61 Å². The zero-order chi connectivity index (χ0) is 10.6. The van der Waals surface area contributed by atoms with Crippen LogP contribution in [0.5, 0.6) is 0 Å². The average Bonchev–Trinajstić information content (AvgIpc) is 2.15. The third-order valence-electron chi connectivity index (χ3n) is 3.07. The number of allylic oxidation sites excluding steroid dienone is 1. The van der Waals surface area contributed by atoms with Crippen molar-refractivity contribution in [3.8, 4) is 0 Å². The molecule has 1 rings (SSSR count). The summed E-state index contributed by atoms with van der Waals surface area (Å²) < 4.78 is 5.02. The van der Waals surface area contributed by atoms with Crippen LogP contribution in [-0.2, 0) is 9.53 Å². The van der Waals surface area contributed by atoms with Crippen molar-refractivity contribution in [2.45, 2.75) is 39.5 Å². The Bertz CT molecular complexity index is 212. The second-order valence-electron chi connectivity index (χ2n) is 4.37. The predicted molar refractivity (Wildman–Crippen MR) is 56.9 cm³/mol. The number of esters is 1. The Balaban J connectivity index is 2.22. The maximum atomic E-state index is 10.6. The van der Waals surface area contributed by atoms with Gasteiger partial charge in [-0.25, -0.2) is 0 Å². The Morgan fingerprint density at radius 2 is 1.86 bits per heavy atom. The molecule has 0 aliphatic heterocycles. The van der Waals surface area contributed by atoms with E-state index in [4.69, 9.17) is 4.74 Å². The van der Waals surface area contributed by atoms with Gasteiger partial charge in [0.15, 0.2) is 0 Å². The average molecular weight is 196 g/mol. The molecule has 0 aromatic carbocycles. The summed E-state index contributed by atoms with van der Waals surface area (Å²) in [5.74, 6) is 1.12. The molecule has 1 aliphatic carbocycles. The molecular formula is C12H20O2. The highest BCUT2D eigenvalue weighted by atomic mass is 16.5. The van der Waals surface area contributed by atoms with E-state index in [2.05, 4.69) is 13.5 Å². The van der Waals surface area contributed by atoms with Crippen LogP contribution >= 0.6 is 0 Å². The zero-order valence-corrected chi connectivity index (χ0v) is 9.21. The normalized spacial score (nSPS) is 27.0. The zero-order valence-electron chi connectivity index (χ0n) is 9.21. The standard InChI is InChI=1S/C12H20O2/c1-9(2)12-6-4-11(5-7-12)8-14-10(3)13/h11-12H,1,4-8H2,2-3H3. The van der Waals surface area contributed by atoms with Crippen LogP contribution in [-0.4, -0.2) is 12.6 Å². The molecule has 1 aliphatic rings. The van der Waals surface area contributed by atoms with E-state index in [0.717, 1.165) is 0 Å². The van der Waals surface area contributed by atoms with Gasteiger partial charge in [0.05, 0.1) is 6.61 Å². The first kappa shape index (κ1) is 11.3. The Labute approximate surface area is 86.3 Å². The van der Waals surface area contributed by atoms with Gasteiger partial charge in [0.25, 0.3) is 0 Å². The molecule has 0 saturated heterocycles. The molecular weight excluding hydrogens is 176 g/mol. The summed E-state index contributed by atoms with van der Waals surface area (Å²) in [5.41, 5.74) is 1.30. The summed E-state index contributed by atoms with van der Waals surface area (Å²) in [6, 6.07) is 0. The Hall–Kier alpha value is -0.790. The van der Waals surface area contributed by atoms with Crippen molar-refractivity contribution in [2.24, 2.45) is 11.8 Å². The first-order chi connectivity index (χ1) is 6.59. The number of rotatable bonds is 3. The van der Waals surface area contributed by atoms with Crippen LogP contribution < -0.4 is 0 Å². The molecule has 0 aromatic rings. The lowest BCUT2D eigenvalue weighted by atomic mass is 9.79. The van der Waals surface area contributed by atoms with E-state index in [1.165, 1.54) is 38.2 Å². The molecule has 2 heteroatoms. The van der Waals surface area contributed by atoms with E-state index in [1.807, 2.05) is 0 Å². The molecule has 0 aromatic heterocycles. The van der Waals surface area contributed by atoms with Gasteiger partial charge in [-0.2, -0.15) is 0 Å². The maximum absolute atomic E-state index is 10.6. The predicted octanol–water partition coefficient (Wildman–Crippen LogP) is 2.93. The van der Waals surface area contributed by atoms with Gasteiger partial charge in [-0.05, 0) is 44.4 Å². The fraction of sp³-hybridized carbons (Fsp3) is 0.750. The van der Waals surface area contributed by atoms with E-state index < -0.39 is 0 Å². The molecule has 1 saturated carbocycles. The van der Waals surface area contributed by atoms with Crippen molar-refractivity contribution in [1.82, 2.24) is 0 Å². The monoisotopic (exact) mass is 196 g/mol. The lowest BCUT2D eigenvalue weighted by Crippen LogP contribution is -2.20. The van der Waals surface area contributed by atoms with E-state index in [0.29, 0.717) is 18.4 Å². The van der Waals surface area contributed by atoms with Gasteiger partial charge in [-0.1, -0.05) is 12.2 Å². The van der Waals surface area contributed by atoms with E-state index in [1.54, 1.807) is 0 Å². The summed E-state index contributed by atoms with van der Waals surface area (Å²) in [6.45, 7) is 8.18. The van der Waals surface area contributed by atoms with Crippen LogP contribution in [0.1, 0.15) is 39.5 Å². The molecule has 14 heavy (non-hydrogen) atoms. The minimum Gasteiger partial charge on any atom is -0.466 e. The van der Waals surface area contributed by atoms with Crippen LogP contribution in [0.2, 0.25) is 0 Å². The van der Waals surface area contributed by atoms with Gasteiger partial charge < -0.3 is 4.74 Å². The fourth-order valence-corrected chi connectivity index (χ4v) is 2.06. The molecule has 0 heterocycles. The van der Waals surface area contributed by atoms with E-state index in [-0.39, 0.29) is 5.97 Å². The quantitative estimate of drug-likeness (QED) is 0.512. The third-order valence-corrected chi connectivity index (χ3v) is 3.07. The van der Waals surface area contributed by atoms with E-state index >= 15 is 0 Å². The number of ether oxygens (including phenoxy) is 1. The summed E-state index contributed by atoms with van der Waals surface area (Å²) in [6.07, 6.45) is 4.76. The molecule has 0 amide bonds. The second-order valence-corrected chi connectivity index (χ2v) is 4.37. The lowest BCUT2D eigenvalue weighted by Gasteiger charge is -2.28. The SMILES string of the molecule is C=C(C)C1CCC(COC(C)=O)CC1. The van der Waals surface area contributed by atoms with Crippen LogP contribution in [0.15, 0.2) is 12.2 Å². The molecule has 80 valence electrons. The van der Waals surface area contributed by atoms with Crippen molar-refractivity contribution in [1.29, 1.82) is 0 Å². The Morgan fingerprint density at radius 3 is 2.29 bits per heavy atom. The summed E-state index contributed by atoms with van der Waals surface area (Å²) in [5, 5.41) is 0. The molecule has 0 atom stereocenters. The molecule has 2 nitrogen and oxygen atoms in total.